The van der Waals surface area contributed by atoms with E-state index in [2.05, 4.69) is 58.8 Å². The van der Waals surface area contributed by atoms with Gasteiger partial charge in [0.15, 0.2) is 0 Å². The Morgan fingerprint density at radius 3 is 2.93 bits per heavy atom. The summed E-state index contributed by atoms with van der Waals surface area (Å²) in [6.07, 6.45) is 5.45. The van der Waals surface area contributed by atoms with E-state index in [-0.39, 0.29) is 0 Å². The minimum absolute atomic E-state index is 0.472. The molecule has 1 rings (SSSR count). The average Bonchev–Trinajstić information content (AvgIpc) is 2.24. The van der Waals surface area contributed by atoms with Crippen molar-refractivity contribution in [2.24, 2.45) is 0 Å². The maximum absolute atomic E-state index is 3.75. The second-order valence-corrected chi connectivity index (χ2v) is 4.86. The molecule has 82 valence electrons. The number of benzene rings is 1. The van der Waals surface area contributed by atoms with Gasteiger partial charge in [0.1, 0.15) is 0 Å². The van der Waals surface area contributed by atoms with Gasteiger partial charge in [0.05, 0.1) is 0 Å². The maximum atomic E-state index is 3.75. The molecule has 1 aromatic rings. The Labute approximate surface area is 106 Å². The first-order valence-corrected chi connectivity index (χ1v) is 6.39. The third-order valence-electron chi connectivity index (χ3n) is 2.50. The van der Waals surface area contributed by atoms with E-state index in [1.165, 1.54) is 22.0 Å². The second-order valence-electron chi connectivity index (χ2n) is 3.62. The average molecular weight is 315 g/mol. The Morgan fingerprint density at radius 2 is 2.33 bits per heavy atom. The third kappa shape index (κ3) is 4.34. The zero-order valence-corrected chi connectivity index (χ0v) is 11.3. The largest absolute Gasteiger partial charge is 0.313 e. The molecule has 0 aliphatic heterocycles. The number of halogens is 1. The lowest BCUT2D eigenvalue weighted by Gasteiger charge is -2.16. The van der Waals surface area contributed by atoms with Crippen LogP contribution in [0.15, 0.2) is 36.9 Å². The van der Waals surface area contributed by atoms with E-state index in [1.54, 1.807) is 0 Å². The van der Waals surface area contributed by atoms with E-state index in [0.717, 1.165) is 6.42 Å². The summed E-state index contributed by atoms with van der Waals surface area (Å²) in [6.45, 7) is 3.75. The summed E-state index contributed by atoms with van der Waals surface area (Å²) in [5.74, 6) is 0. The molecule has 1 nitrogen and oxygen atoms in total. The lowest BCUT2D eigenvalue weighted by molar-refractivity contribution is 0.530. The number of hydrogen-bond donors (Lipinski definition) is 1. The van der Waals surface area contributed by atoms with Crippen LogP contribution in [0.25, 0.3) is 0 Å². The number of rotatable bonds is 6. The lowest BCUT2D eigenvalue weighted by Crippen LogP contribution is -2.16. The van der Waals surface area contributed by atoms with E-state index < -0.39 is 0 Å². The molecule has 1 atom stereocenters. The molecule has 1 unspecified atom stereocenters. The second kappa shape index (κ2) is 7.01. The van der Waals surface area contributed by atoms with Gasteiger partial charge in [0.25, 0.3) is 0 Å². The minimum atomic E-state index is 0.472. The highest BCUT2D eigenvalue weighted by molar-refractivity contribution is 14.1. The summed E-state index contributed by atoms with van der Waals surface area (Å²) in [4.78, 5) is 0. The van der Waals surface area contributed by atoms with Gasteiger partial charge in [-0.15, -0.1) is 6.58 Å². The first kappa shape index (κ1) is 12.7. The van der Waals surface area contributed by atoms with Gasteiger partial charge >= 0.3 is 0 Å². The molecule has 2 heteroatoms. The molecule has 0 saturated carbocycles. The Hall–Kier alpha value is -0.350. The Morgan fingerprint density at radius 1 is 1.53 bits per heavy atom. The summed E-state index contributed by atoms with van der Waals surface area (Å²) < 4.78 is 1.30. The summed E-state index contributed by atoms with van der Waals surface area (Å²) >= 11 is 2.36. The lowest BCUT2D eigenvalue weighted by atomic mass is 10.0. The fourth-order valence-electron chi connectivity index (χ4n) is 1.67. The fourth-order valence-corrected chi connectivity index (χ4v) is 2.23. The van der Waals surface area contributed by atoms with Gasteiger partial charge in [-0.05, 0) is 66.6 Å². The van der Waals surface area contributed by atoms with Crippen molar-refractivity contribution in [3.05, 3.63) is 46.1 Å². The molecule has 0 aliphatic rings. The fraction of sp³-hybridized carbons (Fsp3) is 0.385. The van der Waals surface area contributed by atoms with Gasteiger partial charge in [0, 0.05) is 9.61 Å². The SMILES string of the molecule is C=CCCCC(NC)c1cccc(I)c1. The van der Waals surface area contributed by atoms with Crippen molar-refractivity contribution in [1.29, 1.82) is 0 Å². The van der Waals surface area contributed by atoms with Crippen LogP contribution in [-0.2, 0) is 0 Å². The van der Waals surface area contributed by atoms with Crippen LogP contribution in [0.1, 0.15) is 30.9 Å². The van der Waals surface area contributed by atoms with Crippen LogP contribution in [0.5, 0.6) is 0 Å². The number of nitrogens with one attached hydrogen (secondary N) is 1. The van der Waals surface area contributed by atoms with E-state index in [1.807, 2.05) is 13.1 Å². The van der Waals surface area contributed by atoms with Crippen molar-refractivity contribution >= 4 is 22.6 Å². The van der Waals surface area contributed by atoms with Crippen molar-refractivity contribution < 1.29 is 0 Å². The maximum Gasteiger partial charge on any atom is 0.0318 e. The summed E-state index contributed by atoms with van der Waals surface area (Å²) in [5.41, 5.74) is 1.38. The van der Waals surface area contributed by atoms with E-state index in [4.69, 9.17) is 0 Å². The zero-order chi connectivity index (χ0) is 11.1. The molecule has 0 amide bonds. The molecule has 0 radical (unpaired) electrons. The van der Waals surface area contributed by atoms with Crippen molar-refractivity contribution in [1.82, 2.24) is 5.32 Å². The predicted octanol–water partition coefficient (Wildman–Crippen LogP) is 3.91. The van der Waals surface area contributed by atoms with Crippen molar-refractivity contribution in [3.8, 4) is 0 Å². The first-order valence-electron chi connectivity index (χ1n) is 5.31. The van der Waals surface area contributed by atoms with Crippen molar-refractivity contribution in [2.45, 2.75) is 25.3 Å². The molecule has 0 spiro atoms. The van der Waals surface area contributed by atoms with Crippen molar-refractivity contribution in [2.75, 3.05) is 7.05 Å². The molecular weight excluding hydrogens is 297 g/mol. The highest BCUT2D eigenvalue weighted by Crippen LogP contribution is 2.20. The number of unbranched alkanes of at least 4 members (excludes halogenated alkanes) is 1. The summed E-state index contributed by atoms with van der Waals surface area (Å²) in [7, 11) is 2.03. The van der Waals surface area contributed by atoms with Crippen LogP contribution in [0, 0.1) is 3.57 Å². The topological polar surface area (TPSA) is 12.0 Å². The van der Waals surface area contributed by atoms with Gasteiger partial charge in [-0.25, -0.2) is 0 Å². The van der Waals surface area contributed by atoms with E-state index >= 15 is 0 Å². The van der Waals surface area contributed by atoms with E-state index in [0.29, 0.717) is 6.04 Å². The van der Waals surface area contributed by atoms with Gasteiger partial charge in [0.2, 0.25) is 0 Å². The first-order chi connectivity index (χ1) is 7.27. The molecule has 0 saturated heterocycles. The molecule has 0 fully saturated rings. The van der Waals surface area contributed by atoms with Crippen LogP contribution >= 0.6 is 22.6 Å². The van der Waals surface area contributed by atoms with Gasteiger partial charge in [-0.1, -0.05) is 18.2 Å². The molecular formula is C13H18IN. The minimum Gasteiger partial charge on any atom is -0.313 e. The molecule has 1 aromatic carbocycles. The third-order valence-corrected chi connectivity index (χ3v) is 3.17. The molecule has 15 heavy (non-hydrogen) atoms. The van der Waals surface area contributed by atoms with Crippen LogP contribution < -0.4 is 5.32 Å². The zero-order valence-electron chi connectivity index (χ0n) is 9.17. The van der Waals surface area contributed by atoms with Crippen LogP contribution in [0.4, 0.5) is 0 Å². The molecule has 0 heterocycles. The smallest absolute Gasteiger partial charge is 0.0318 e. The van der Waals surface area contributed by atoms with Crippen LogP contribution in [0.3, 0.4) is 0 Å². The van der Waals surface area contributed by atoms with E-state index in [9.17, 15) is 0 Å². The van der Waals surface area contributed by atoms with Crippen LogP contribution in [0.2, 0.25) is 0 Å². The van der Waals surface area contributed by atoms with Crippen LogP contribution in [-0.4, -0.2) is 7.05 Å². The molecule has 0 aliphatic carbocycles. The highest BCUT2D eigenvalue weighted by Gasteiger charge is 2.07. The van der Waals surface area contributed by atoms with Crippen molar-refractivity contribution in [3.63, 3.8) is 0 Å². The molecule has 0 aromatic heterocycles. The summed E-state index contributed by atoms with van der Waals surface area (Å²) in [5, 5.41) is 3.37. The predicted molar refractivity (Wildman–Crippen MR) is 75.0 cm³/mol. The van der Waals surface area contributed by atoms with Gasteiger partial charge < -0.3 is 5.32 Å². The normalized spacial score (nSPS) is 12.4. The molecule has 0 bridgehead atoms. The number of hydrogen-bond acceptors (Lipinski definition) is 1. The van der Waals surface area contributed by atoms with Gasteiger partial charge in [-0.2, -0.15) is 0 Å². The van der Waals surface area contributed by atoms with Gasteiger partial charge in [-0.3, -0.25) is 0 Å². The summed E-state index contributed by atoms with van der Waals surface area (Å²) in [6, 6.07) is 9.15. The standard InChI is InChI=1S/C13H18IN/c1-3-4-5-9-13(15-2)11-7-6-8-12(14)10-11/h3,6-8,10,13,15H,1,4-5,9H2,2H3. The Kier molecular flexibility index (Phi) is 5.95. The Bertz CT molecular complexity index is 309. The Balaban J connectivity index is 2.61. The number of allylic oxidation sites excluding steroid dienone is 1. The quantitative estimate of drug-likeness (QED) is 0.477. The highest BCUT2D eigenvalue weighted by atomic mass is 127. The molecule has 1 N–H and O–H groups in total. The monoisotopic (exact) mass is 315 g/mol.